The third-order valence-electron chi connectivity index (χ3n) is 5.81. The molecule has 8 nitrogen and oxygen atoms in total. The quantitative estimate of drug-likeness (QED) is 0.606. The Morgan fingerprint density at radius 1 is 1.25 bits per heavy atom. The standard InChI is InChI=1S/C23H28FN5O3/c1-15(2)21(25-23(30)16-7-11-32-14-16)22-27-26-20-6-8-28(9-10-29(20)22)13-17-12-18(31-3)4-5-19(17)24/h4-5,7,11-12,14-15,21H,6,8-10,13H2,1-3H3,(H,25,30). The first-order valence-corrected chi connectivity index (χ1v) is 10.8. The largest absolute Gasteiger partial charge is 0.497 e. The fraction of sp³-hybridized carbons (Fsp3) is 0.435. The van der Waals surface area contributed by atoms with Gasteiger partial charge in [-0.3, -0.25) is 9.69 Å². The lowest BCUT2D eigenvalue weighted by Gasteiger charge is -2.23. The molecule has 1 N–H and O–H groups in total. The molecule has 3 aromatic rings. The molecule has 0 aliphatic carbocycles. The molecule has 1 aliphatic rings. The van der Waals surface area contributed by atoms with Crippen LogP contribution < -0.4 is 10.1 Å². The van der Waals surface area contributed by atoms with Crippen molar-refractivity contribution in [3.63, 3.8) is 0 Å². The van der Waals surface area contributed by atoms with Crippen molar-refractivity contribution >= 4 is 5.91 Å². The maximum Gasteiger partial charge on any atom is 0.255 e. The first kappa shape index (κ1) is 22.0. The molecule has 0 spiro atoms. The van der Waals surface area contributed by atoms with Gasteiger partial charge in [-0.2, -0.15) is 0 Å². The summed E-state index contributed by atoms with van der Waals surface area (Å²) in [5.74, 6) is 1.92. The highest BCUT2D eigenvalue weighted by Crippen LogP contribution is 2.24. The van der Waals surface area contributed by atoms with Crippen molar-refractivity contribution in [1.29, 1.82) is 0 Å². The molecule has 1 atom stereocenters. The Hall–Kier alpha value is -3.20. The van der Waals surface area contributed by atoms with E-state index in [0.717, 1.165) is 24.7 Å². The average Bonchev–Trinajstić information content (AvgIpc) is 3.41. The number of fused-ring (bicyclic) bond motifs is 1. The van der Waals surface area contributed by atoms with E-state index in [-0.39, 0.29) is 23.7 Å². The zero-order chi connectivity index (χ0) is 22.7. The molecule has 0 saturated carbocycles. The number of methoxy groups -OCH3 is 1. The zero-order valence-corrected chi connectivity index (χ0v) is 18.5. The molecule has 9 heteroatoms. The second-order valence-corrected chi connectivity index (χ2v) is 8.32. The molecule has 2 aromatic heterocycles. The van der Waals surface area contributed by atoms with Crippen LogP contribution in [0.15, 0.2) is 41.2 Å². The second kappa shape index (κ2) is 9.52. The number of halogens is 1. The molecular formula is C23H28FN5O3. The molecule has 1 aliphatic heterocycles. The number of carbonyl (C=O) groups excluding carboxylic acids is 1. The maximum atomic E-state index is 14.3. The van der Waals surface area contributed by atoms with Crippen LogP contribution in [-0.4, -0.2) is 45.8 Å². The van der Waals surface area contributed by atoms with E-state index < -0.39 is 0 Å². The van der Waals surface area contributed by atoms with Crippen molar-refractivity contribution in [1.82, 2.24) is 25.0 Å². The van der Waals surface area contributed by atoms with Gasteiger partial charge in [0.1, 0.15) is 23.7 Å². The molecule has 4 rings (SSSR count). The van der Waals surface area contributed by atoms with Gasteiger partial charge >= 0.3 is 0 Å². The van der Waals surface area contributed by atoms with E-state index in [1.54, 1.807) is 25.3 Å². The highest BCUT2D eigenvalue weighted by atomic mass is 19.1. The monoisotopic (exact) mass is 441 g/mol. The number of amides is 1. The van der Waals surface area contributed by atoms with Crippen LogP contribution in [0.1, 0.15) is 47.5 Å². The summed E-state index contributed by atoms with van der Waals surface area (Å²) in [7, 11) is 1.58. The Kier molecular flexibility index (Phi) is 6.55. The third kappa shape index (κ3) is 4.67. The molecule has 1 unspecified atom stereocenters. The Labute approximate surface area is 186 Å². The maximum absolute atomic E-state index is 14.3. The van der Waals surface area contributed by atoms with Gasteiger partial charge in [-0.15, -0.1) is 10.2 Å². The number of hydrogen-bond donors (Lipinski definition) is 1. The first-order chi connectivity index (χ1) is 15.5. The molecule has 170 valence electrons. The number of hydrogen-bond acceptors (Lipinski definition) is 6. The van der Waals surface area contributed by atoms with Gasteiger partial charge < -0.3 is 19.0 Å². The number of carbonyl (C=O) groups is 1. The van der Waals surface area contributed by atoms with E-state index >= 15 is 0 Å². The molecular weight excluding hydrogens is 413 g/mol. The third-order valence-corrected chi connectivity index (χ3v) is 5.81. The molecule has 0 radical (unpaired) electrons. The molecule has 0 bridgehead atoms. The molecule has 1 amide bonds. The fourth-order valence-corrected chi connectivity index (χ4v) is 3.96. The minimum Gasteiger partial charge on any atom is -0.497 e. The number of benzene rings is 1. The van der Waals surface area contributed by atoms with Gasteiger partial charge in [-0.25, -0.2) is 4.39 Å². The Morgan fingerprint density at radius 3 is 2.81 bits per heavy atom. The molecule has 0 saturated heterocycles. The second-order valence-electron chi connectivity index (χ2n) is 8.32. The molecule has 0 fully saturated rings. The van der Waals surface area contributed by atoms with Crippen LogP contribution in [0, 0.1) is 11.7 Å². The summed E-state index contributed by atoms with van der Waals surface area (Å²) in [6.45, 7) is 6.68. The predicted octanol–water partition coefficient (Wildman–Crippen LogP) is 3.20. The number of furan rings is 1. The normalized spacial score (nSPS) is 15.3. The van der Waals surface area contributed by atoms with Crippen molar-refractivity contribution in [3.05, 3.63) is 65.4 Å². The van der Waals surface area contributed by atoms with Gasteiger partial charge in [0.05, 0.1) is 25.0 Å². The fourth-order valence-electron chi connectivity index (χ4n) is 3.96. The van der Waals surface area contributed by atoms with Crippen LogP contribution in [0.4, 0.5) is 4.39 Å². The Morgan fingerprint density at radius 2 is 2.09 bits per heavy atom. The average molecular weight is 442 g/mol. The predicted molar refractivity (Wildman–Crippen MR) is 116 cm³/mol. The van der Waals surface area contributed by atoms with Crippen LogP contribution in [-0.2, 0) is 19.5 Å². The summed E-state index contributed by atoms with van der Waals surface area (Å²) in [6, 6.07) is 6.15. The minimum atomic E-state index is -0.291. The van der Waals surface area contributed by atoms with Crippen LogP contribution in [0.3, 0.4) is 0 Å². The summed E-state index contributed by atoms with van der Waals surface area (Å²) in [5, 5.41) is 11.9. The number of rotatable bonds is 7. The summed E-state index contributed by atoms with van der Waals surface area (Å²) >= 11 is 0. The van der Waals surface area contributed by atoms with Crippen molar-refractivity contribution in [2.45, 2.75) is 39.4 Å². The topological polar surface area (TPSA) is 85.4 Å². The van der Waals surface area contributed by atoms with E-state index in [2.05, 4.69) is 25.0 Å². The van der Waals surface area contributed by atoms with Crippen molar-refractivity contribution in [3.8, 4) is 5.75 Å². The van der Waals surface area contributed by atoms with Crippen LogP contribution in [0.25, 0.3) is 0 Å². The summed E-state index contributed by atoms with van der Waals surface area (Å²) in [6.07, 6.45) is 3.59. The number of nitrogens with zero attached hydrogens (tertiary/aromatic N) is 4. The van der Waals surface area contributed by atoms with Crippen molar-refractivity contribution < 1.29 is 18.3 Å². The number of aromatic nitrogens is 3. The van der Waals surface area contributed by atoms with Gasteiger partial charge in [0, 0.05) is 38.2 Å². The number of nitrogens with one attached hydrogen (secondary N) is 1. The van der Waals surface area contributed by atoms with Crippen LogP contribution >= 0.6 is 0 Å². The Balaban J connectivity index is 1.49. The van der Waals surface area contributed by atoms with Gasteiger partial charge in [-0.1, -0.05) is 13.8 Å². The molecule has 32 heavy (non-hydrogen) atoms. The summed E-state index contributed by atoms with van der Waals surface area (Å²) in [4.78, 5) is 14.8. The SMILES string of the molecule is COc1ccc(F)c(CN2CCc3nnc(C(NC(=O)c4ccoc4)C(C)C)n3CC2)c1. The smallest absolute Gasteiger partial charge is 0.255 e. The molecule has 3 heterocycles. The summed E-state index contributed by atoms with van der Waals surface area (Å²) < 4.78 is 26.7. The lowest BCUT2D eigenvalue weighted by molar-refractivity contribution is 0.0921. The van der Waals surface area contributed by atoms with Crippen LogP contribution in [0.2, 0.25) is 0 Å². The lowest BCUT2D eigenvalue weighted by Crippen LogP contribution is -2.34. The zero-order valence-electron chi connectivity index (χ0n) is 18.5. The van der Waals surface area contributed by atoms with Gasteiger partial charge in [0.2, 0.25) is 0 Å². The van der Waals surface area contributed by atoms with E-state index in [1.807, 2.05) is 13.8 Å². The first-order valence-electron chi connectivity index (χ1n) is 10.8. The number of ether oxygens (including phenoxy) is 1. The van der Waals surface area contributed by atoms with Gasteiger partial charge in [0.15, 0.2) is 5.82 Å². The van der Waals surface area contributed by atoms with Crippen LogP contribution in [0.5, 0.6) is 5.75 Å². The minimum absolute atomic E-state index is 0.115. The molecule has 1 aromatic carbocycles. The van der Waals surface area contributed by atoms with Gasteiger partial charge in [-0.05, 0) is 30.2 Å². The van der Waals surface area contributed by atoms with E-state index in [1.165, 1.54) is 18.6 Å². The van der Waals surface area contributed by atoms with Crippen molar-refractivity contribution in [2.24, 2.45) is 5.92 Å². The van der Waals surface area contributed by atoms with E-state index in [9.17, 15) is 9.18 Å². The van der Waals surface area contributed by atoms with E-state index in [4.69, 9.17) is 9.15 Å². The van der Waals surface area contributed by atoms with E-state index in [0.29, 0.717) is 36.4 Å². The Bertz CT molecular complexity index is 1060. The van der Waals surface area contributed by atoms with Gasteiger partial charge in [0.25, 0.3) is 5.91 Å². The lowest BCUT2D eigenvalue weighted by atomic mass is 10.0. The van der Waals surface area contributed by atoms with Crippen molar-refractivity contribution in [2.75, 3.05) is 20.2 Å². The highest BCUT2D eigenvalue weighted by molar-refractivity contribution is 5.94. The summed E-state index contributed by atoms with van der Waals surface area (Å²) in [5.41, 5.74) is 1.08. The highest BCUT2D eigenvalue weighted by Gasteiger charge is 2.28.